The van der Waals surface area contributed by atoms with Crippen LogP contribution in [0.4, 0.5) is 5.69 Å². The fraction of sp³-hybridized carbons (Fsp3) is 0.118. The average molecular weight is 365 g/mol. The number of nitrogens with one attached hydrogen (secondary N) is 1. The zero-order chi connectivity index (χ0) is 19.2. The van der Waals surface area contributed by atoms with Crippen molar-refractivity contribution < 1.29 is 9.72 Å². The first-order valence-electron chi connectivity index (χ1n) is 7.94. The molecule has 10 heteroatoms. The van der Waals surface area contributed by atoms with Gasteiger partial charge in [0.15, 0.2) is 0 Å². The second kappa shape index (κ2) is 7.95. The number of tetrazole rings is 1. The molecule has 0 spiro atoms. The maximum absolute atomic E-state index is 12.0. The highest BCUT2D eigenvalue weighted by molar-refractivity contribution is 5.99. The van der Waals surface area contributed by atoms with Crippen molar-refractivity contribution in [1.29, 1.82) is 0 Å². The van der Waals surface area contributed by atoms with Crippen molar-refractivity contribution in [1.82, 2.24) is 25.6 Å². The molecule has 136 valence electrons. The Balaban J connectivity index is 1.63. The number of rotatable bonds is 6. The van der Waals surface area contributed by atoms with Crippen molar-refractivity contribution in [2.24, 2.45) is 5.10 Å². The highest BCUT2D eigenvalue weighted by Gasteiger charge is 2.10. The van der Waals surface area contributed by atoms with Crippen LogP contribution in [0, 0.1) is 10.1 Å². The summed E-state index contributed by atoms with van der Waals surface area (Å²) < 4.78 is 0. The third-order valence-electron chi connectivity index (χ3n) is 3.59. The molecule has 0 atom stereocenters. The van der Waals surface area contributed by atoms with Crippen molar-refractivity contribution in [3.8, 4) is 11.4 Å². The number of hydrogen-bond acceptors (Lipinski definition) is 7. The van der Waals surface area contributed by atoms with Crippen molar-refractivity contribution in [2.75, 3.05) is 0 Å². The summed E-state index contributed by atoms with van der Waals surface area (Å²) in [6.45, 7) is 1.48. The van der Waals surface area contributed by atoms with Gasteiger partial charge in [-0.2, -0.15) is 9.90 Å². The van der Waals surface area contributed by atoms with E-state index in [0.29, 0.717) is 17.1 Å². The van der Waals surface area contributed by atoms with Crippen LogP contribution in [0.1, 0.15) is 12.5 Å². The van der Waals surface area contributed by atoms with E-state index >= 15 is 0 Å². The summed E-state index contributed by atoms with van der Waals surface area (Å²) >= 11 is 0. The molecule has 0 bridgehead atoms. The van der Waals surface area contributed by atoms with E-state index in [9.17, 15) is 14.9 Å². The van der Waals surface area contributed by atoms with E-state index in [-0.39, 0.29) is 12.2 Å². The lowest BCUT2D eigenvalue weighted by atomic mass is 10.1. The summed E-state index contributed by atoms with van der Waals surface area (Å²) in [7, 11) is 0. The zero-order valence-electron chi connectivity index (χ0n) is 14.3. The van der Waals surface area contributed by atoms with Gasteiger partial charge in [0.1, 0.15) is 6.54 Å². The first kappa shape index (κ1) is 17.9. The van der Waals surface area contributed by atoms with Crippen LogP contribution < -0.4 is 5.43 Å². The third kappa shape index (κ3) is 4.57. The van der Waals surface area contributed by atoms with E-state index < -0.39 is 10.8 Å². The van der Waals surface area contributed by atoms with E-state index in [4.69, 9.17) is 0 Å². The first-order chi connectivity index (χ1) is 13.0. The van der Waals surface area contributed by atoms with Gasteiger partial charge in [-0.25, -0.2) is 5.43 Å². The first-order valence-corrected chi connectivity index (χ1v) is 7.94. The van der Waals surface area contributed by atoms with Crippen LogP contribution in [0.5, 0.6) is 0 Å². The molecule has 0 fully saturated rings. The van der Waals surface area contributed by atoms with E-state index in [0.717, 1.165) is 10.4 Å². The molecule has 10 nitrogen and oxygen atoms in total. The van der Waals surface area contributed by atoms with Crippen molar-refractivity contribution in [3.05, 3.63) is 70.3 Å². The second-order valence-corrected chi connectivity index (χ2v) is 5.55. The van der Waals surface area contributed by atoms with Crippen LogP contribution >= 0.6 is 0 Å². The van der Waals surface area contributed by atoms with Crippen molar-refractivity contribution >= 4 is 17.3 Å². The summed E-state index contributed by atoms with van der Waals surface area (Å²) in [5, 5.41) is 26.7. The van der Waals surface area contributed by atoms with Crippen LogP contribution in [0.2, 0.25) is 0 Å². The Bertz CT molecular complexity index is 999. The number of nitro benzene ring substituents is 1. The summed E-state index contributed by atoms with van der Waals surface area (Å²) in [5.41, 5.74) is 4.10. The summed E-state index contributed by atoms with van der Waals surface area (Å²) in [4.78, 5) is 23.5. The molecule has 3 rings (SSSR count). The number of amides is 1. The van der Waals surface area contributed by atoms with Crippen LogP contribution in [0.3, 0.4) is 0 Å². The molecule has 2 aromatic carbocycles. The molecule has 0 radical (unpaired) electrons. The monoisotopic (exact) mass is 365 g/mol. The molecule has 0 unspecified atom stereocenters. The SMILES string of the molecule is C/C(=N/NC(=O)Cn1nnc(-c2ccccc2)n1)c1cccc([N+](=O)[O-])c1. The van der Waals surface area contributed by atoms with Crippen molar-refractivity contribution in [3.63, 3.8) is 0 Å². The fourth-order valence-electron chi connectivity index (χ4n) is 2.23. The quantitative estimate of drug-likeness (QED) is 0.403. The standard InChI is InChI=1S/C17H15N7O3/c1-12(14-8-5-9-15(10-14)24(26)27)18-19-16(25)11-23-21-17(20-22-23)13-6-3-2-4-7-13/h2-10H,11H2,1H3,(H,19,25)/b18-12-. The molecule has 0 aliphatic carbocycles. The second-order valence-electron chi connectivity index (χ2n) is 5.55. The van der Waals surface area contributed by atoms with Crippen LogP contribution in [-0.2, 0) is 11.3 Å². The Morgan fingerprint density at radius 2 is 2.00 bits per heavy atom. The fourth-order valence-corrected chi connectivity index (χ4v) is 2.23. The number of carbonyl (C=O) groups excluding carboxylic acids is 1. The van der Waals surface area contributed by atoms with E-state index in [1.807, 2.05) is 30.3 Å². The molecule has 1 heterocycles. The molecule has 0 aliphatic rings. The van der Waals surface area contributed by atoms with E-state index in [1.165, 1.54) is 12.1 Å². The van der Waals surface area contributed by atoms with Gasteiger partial charge in [-0.15, -0.1) is 10.2 Å². The molecule has 1 aromatic heterocycles. The molecule has 1 N–H and O–H groups in total. The van der Waals surface area contributed by atoms with Gasteiger partial charge < -0.3 is 0 Å². The number of nitro groups is 1. The predicted molar refractivity (Wildman–Crippen MR) is 96.7 cm³/mol. The molecule has 0 saturated carbocycles. The van der Waals surface area contributed by atoms with Gasteiger partial charge in [-0.1, -0.05) is 42.5 Å². The number of aromatic nitrogens is 4. The normalized spacial score (nSPS) is 11.2. The molecule has 27 heavy (non-hydrogen) atoms. The number of hydrogen-bond donors (Lipinski definition) is 1. The van der Waals surface area contributed by atoms with Gasteiger partial charge in [-0.05, 0) is 12.1 Å². The summed E-state index contributed by atoms with van der Waals surface area (Å²) in [5.74, 6) is -0.0310. The van der Waals surface area contributed by atoms with E-state index in [1.54, 1.807) is 19.1 Å². The molecular weight excluding hydrogens is 350 g/mol. The molecule has 0 saturated heterocycles. The lowest BCUT2D eigenvalue weighted by Gasteiger charge is -2.02. The van der Waals surface area contributed by atoms with Gasteiger partial charge in [0.2, 0.25) is 5.82 Å². The third-order valence-corrected chi connectivity index (χ3v) is 3.59. The molecular formula is C17H15N7O3. The minimum absolute atomic E-state index is 0.0476. The summed E-state index contributed by atoms with van der Waals surface area (Å²) in [6, 6.07) is 15.3. The average Bonchev–Trinajstić information content (AvgIpc) is 3.15. The van der Waals surface area contributed by atoms with Crippen LogP contribution in [0.15, 0.2) is 59.7 Å². The zero-order valence-corrected chi connectivity index (χ0v) is 14.3. The number of benzene rings is 2. The number of nitrogens with zero attached hydrogens (tertiary/aromatic N) is 6. The Morgan fingerprint density at radius 3 is 2.74 bits per heavy atom. The van der Waals surface area contributed by atoms with Gasteiger partial charge in [-0.3, -0.25) is 14.9 Å². The Kier molecular flexibility index (Phi) is 5.26. The van der Waals surface area contributed by atoms with Crippen molar-refractivity contribution in [2.45, 2.75) is 13.5 Å². The highest BCUT2D eigenvalue weighted by Crippen LogP contribution is 2.14. The Hall–Kier alpha value is -3.95. The lowest BCUT2D eigenvalue weighted by Crippen LogP contribution is -2.25. The summed E-state index contributed by atoms with van der Waals surface area (Å²) in [6.07, 6.45) is 0. The number of hydrazone groups is 1. The van der Waals surface area contributed by atoms with Gasteiger partial charge >= 0.3 is 0 Å². The maximum atomic E-state index is 12.0. The lowest BCUT2D eigenvalue weighted by molar-refractivity contribution is -0.384. The number of non-ortho nitro benzene ring substituents is 1. The minimum Gasteiger partial charge on any atom is -0.271 e. The van der Waals surface area contributed by atoms with Crippen LogP contribution in [0.25, 0.3) is 11.4 Å². The molecule has 1 amide bonds. The maximum Gasteiger partial charge on any atom is 0.270 e. The molecule has 0 aliphatic heterocycles. The largest absolute Gasteiger partial charge is 0.271 e. The molecule has 3 aromatic rings. The Labute approximate surface area is 153 Å². The van der Waals surface area contributed by atoms with Gasteiger partial charge in [0, 0.05) is 23.3 Å². The van der Waals surface area contributed by atoms with E-state index in [2.05, 4.69) is 25.9 Å². The van der Waals surface area contributed by atoms with Crippen LogP contribution in [-0.4, -0.2) is 36.7 Å². The smallest absolute Gasteiger partial charge is 0.270 e. The Morgan fingerprint density at radius 1 is 1.22 bits per heavy atom. The van der Waals surface area contributed by atoms with Gasteiger partial charge in [0.05, 0.1) is 10.6 Å². The minimum atomic E-state index is -0.490. The topological polar surface area (TPSA) is 128 Å². The highest BCUT2D eigenvalue weighted by atomic mass is 16.6. The predicted octanol–water partition coefficient (Wildman–Crippen LogP) is 1.79. The van der Waals surface area contributed by atoms with Gasteiger partial charge in [0.25, 0.3) is 11.6 Å². The number of carbonyl (C=O) groups is 1.